The molecule has 4 rings (SSSR count). The van der Waals surface area contributed by atoms with E-state index in [0.29, 0.717) is 5.69 Å². The Morgan fingerprint density at radius 1 is 1.06 bits per heavy atom. The van der Waals surface area contributed by atoms with E-state index in [1.54, 1.807) is 24.2 Å². The van der Waals surface area contributed by atoms with Gasteiger partial charge in [-0.3, -0.25) is 14.7 Å². The fraction of sp³-hybridized carbons (Fsp3) is 0.280. The number of halogens is 1. The van der Waals surface area contributed by atoms with Crippen LogP contribution in [0, 0.1) is 5.82 Å². The number of benzene rings is 2. The Morgan fingerprint density at radius 2 is 1.81 bits per heavy atom. The molecule has 5 nitrogen and oxygen atoms in total. The maximum Gasteiger partial charge on any atom is 0.231 e. The van der Waals surface area contributed by atoms with Gasteiger partial charge in [0.15, 0.2) is 0 Å². The predicted molar refractivity (Wildman–Crippen MR) is 121 cm³/mol. The Labute approximate surface area is 182 Å². The second-order valence-electron chi connectivity index (χ2n) is 7.88. The first kappa shape index (κ1) is 21.2. The first-order valence-electron chi connectivity index (χ1n) is 10.6. The van der Waals surface area contributed by atoms with Crippen LogP contribution in [0.3, 0.4) is 0 Å². The number of aromatic nitrogens is 1. The molecule has 1 fully saturated rings. The summed E-state index contributed by atoms with van der Waals surface area (Å²) in [5, 5.41) is 3.37. The van der Waals surface area contributed by atoms with Gasteiger partial charge in [-0.1, -0.05) is 30.3 Å². The number of piperazine rings is 1. The molecular weight excluding hydrogens is 391 g/mol. The molecule has 160 valence electrons. The van der Waals surface area contributed by atoms with Gasteiger partial charge in [0.05, 0.1) is 12.1 Å². The molecule has 2 aromatic carbocycles. The van der Waals surface area contributed by atoms with Crippen LogP contribution in [0.5, 0.6) is 0 Å². The molecule has 1 amide bonds. The predicted octanol–water partition coefficient (Wildman–Crippen LogP) is 3.50. The quantitative estimate of drug-likeness (QED) is 0.666. The zero-order valence-electron chi connectivity index (χ0n) is 17.7. The summed E-state index contributed by atoms with van der Waals surface area (Å²) in [6.45, 7) is 5.13. The number of rotatable bonds is 6. The lowest BCUT2D eigenvalue weighted by atomic mass is 10.1. The number of carbonyl (C=O) groups is 1. The number of hydrogen-bond acceptors (Lipinski definition) is 4. The van der Waals surface area contributed by atoms with Crippen LogP contribution in [0.1, 0.15) is 11.1 Å². The Kier molecular flexibility index (Phi) is 6.70. The molecule has 1 N–H and O–H groups in total. The SMILES string of the molecule is CN(C(=O)Cc1ccc(-c2cccc(F)c2)nc1)c1ccc(CN2CCNCC2)cc1. The topological polar surface area (TPSA) is 48.5 Å². The van der Waals surface area contributed by atoms with E-state index in [1.165, 1.54) is 17.7 Å². The summed E-state index contributed by atoms with van der Waals surface area (Å²) in [6, 6.07) is 18.2. The third-order valence-corrected chi connectivity index (χ3v) is 5.61. The van der Waals surface area contributed by atoms with Crippen molar-refractivity contribution in [3.8, 4) is 11.3 Å². The smallest absolute Gasteiger partial charge is 0.231 e. The second-order valence-corrected chi connectivity index (χ2v) is 7.88. The van der Waals surface area contributed by atoms with Crippen LogP contribution in [0.15, 0.2) is 66.9 Å². The maximum atomic E-state index is 13.4. The Hall–Kier alpha value is -3.09. The summed E-state index contributed by atoms with van der Waals surface area (Å²) >= 11 is 0. The van der Waals surface area contributed by atoms with Crippen molar-refractivity contribution in [2.45, 2.75) is 13.0 Å². The number of likely N-dealkylation sites (N-methyl/N-ethyl adjacent to an activating group) is 1. The van der Waals surface area contributed by atoms with Crippen molar-refractivity contribution in [3.05, 3.63) is 83.8 Å². The van der Waals surface area contributed by atoms with Gasteiger partial charge in [0, 0.05) is 57.2 Å². The van der Waals surface area contributed by atoms with Gasteiger partial charge in [-0.15, -0.1) is 0 Å². The molecule has 1 saturated heterocycles. The van der Waals surface area contributed by atoms with Crippen LogP contribution >= 0.6 is 0 Å². The van der Waals surface area contributed by atoms with Gasteiger partial charge in [0.2, 0.25) is 5.91 Å². The summed E-state index contributed by atoms with van der Waals surface area (Å²) in [7, 11) is 1.79. The number of carbonyl (C=O) groups excluding carboxylic acids is 1. The minimum atomic E-state index is -0.292. The van der Waals surface area contributed by atoms with Crippen LogP contribution in [-0.2, 0) is 17.8 Å². The van der Waals surface area contributed by atoms with Gasteiger partial charge >= 0.3 is 0 Å². The van der Waals surface area contributed by atoms with Gasteiger partial charge < -0.3 is 10.2 Å². The zero-order chi connectivity index (χ0) is 21.6. The Bertz CT molecular complexity index is 1010. The first-order valence-corrected chi connectivity index (χ1v) is 10.6. The molecule has 3 aromatic rings. The molecule has 0 bridgehead atoms. The second kappa shape index (κ2) is 9.81. The standard InChI is InChI=1S/C25H27FN4O/c1-29(23-8-5-19(6-9-23)18-30-13-11-27-12-14-30)25(31)15-20-7-10-24(28-17-20)21-3-2-4-22(26)16-21/h2-10,16-17,27H,11-15,18H2,1H3. The van der Waals surface area contributed by atoms with Crippen molar-refractivity contribution in [2.75, 3.05) is 38.1 Å². The van der Waals surface area contributed by atoms with E-state index >= 15 is 0 Å². The van der Waals surface area contributed by atoms with E-state index in [4.69, 9.17) is 0 Å². The van der Waals surface area contributed by atoms with Gasteiger partial charge in [-0.2, -0.15) is 0 Å². The number of nitrogens with one attached hydrogen (secondary N) is 1. The highest BCUT2D eigenvalue weighted by Crippen LogP contribution is 2.20. The molecule has 1 aliphatic rings. The lowest BCUT2D eigenvalue weighted by Crippen LogP contribution is -2.42. The fourth-order valence-corrected chi connectivity index (χ4v) is 3.74. The highest BCUT2D eigenvalue weighted by atomic mass is 19.1. The zero-order valence-corrected chi connectivity index (χ0v) is 17.7. The molecule has 2 heterocycles. The minimum absolute atomic E-state index is 0.00448. The average Bonchev–Trinajstić information content (AvgIpc) is 2.80. The van der Waals surface area contributed by atoms with Gasteiger partial charge in [0.1, 0.15) is 5.82 Å². The first-order chi connectivity index (χ1) is 15.1. The molecule has 6 heteroatoms. The Balaban J connectivity index is 1.35. The number of amides is 1. The number of anilines is 1. The van der Waals surface area contributed by atoms with Crippen molar-refractivity contribution < 1.29 is 9.18 Å². The summed E-state index contributed by atoms with van der Waals surface area (Å²) in [6.07, 6.45) is 1.94. The van der Waals surface area contributed by atoms with Crippen molar-refractivity contribution >= 4 is 11.6 Å². The van der Waals surface area contributed by atoms with Crippen molar-refractivity contribution in [3.63, 3.8) is 0 Å². The van der Waals surface area contributed by atoms with Crippen LogP contribution in [0.2, 0.25) is 0 Å². The summed E-state index contributed by atoms with van der Waals surface area (Å²) < 4.78 is 13.4. The Morgan fingerprint density at radius 3 is 2.48 bits per heavy atom. The van der Waals surface area contributed by atoms with E-state index in [2.05, 4.69) is 27.3 Å². The fourth-order valence-electron chi connectivity index (χ4n) is 3.74. The van der Waals surface area contributed by atoms with E-state index in [9.17, 15) is 9.18 Å². The van der Waals surface area contributed by atoms with Crippen molar-refractivity contribution in [1.29, 1.82) is 0 Å². The third-order valence-electron chi connectivity index (χ3n) is 5.61. The molecule has 31 heavy (non-hydrogen) atoms. The van der Waals surface area contributed by atoms with Gasteiger partial charge in [0.25, 0.3) is 0 Å². The molecule has 0 atom stereocenters. The van der Waals surface area contributed by atoms with Crippen LogP contribution in [0.25, 0.3) is 11.3 Å². The van der Waals surface area contributed by atoms with Crippen LogP contribution < -0.4 is 10.2 Å². The molecule has 0 radical (unpaired) electrons. The lowest BCUT2D eigenvalue weighted by molar-refractivity contribution is -0.117. The van der Waals surface area contributed by atoms with Crippen molar-refractivity contribution in [1.82, 2.24) is 15.2 Å². The molecule has 1 aliphatic heterocycles. The number of pyridine rings is 1. The summed E-state index contributed by atoms with van der Waals surface area (Å²) in [4.78, 5) is 21.3. The molecule has 1 aromatic heterocycles. The lowest BCUT2D eigenvalue weighted by Gasteiger charge is -2.27. The maximum absolute atomic E-state index is 13.4. The third kappa shape index (κ3) is 5.54. The largest absolute Gasteiger partial charge is 0.315 e. The summed E-state index contributed by atoms with van der Waals surface area (Å²) in [5.41, 5.74) is 4.36. The van der Waals surface area contributed by atoms with E-state index < -0.39 is 0 Å². The van der Waals surface area contributed by atoms with E-state index in [-0.39, 0.29) is 18.1 Å². The number of hydrogen-bond donors (Lipinski definition) is 1. The average molecular weight is 419 g/mol. The molecule has 0 saturated carbocycles. The molecular formula is C25H27FN4O. The normalized spacial score (nSPS) is 14.4. The molecule has 0 spiro atoms. The molecule has 0 aliphatic carbocycles. The minimum Gasteiger partial charge on any atom is -0.315 e. The molecule has 0 unspecified atom stereocenters. The van der Waals surface area contributed by atoms with E-state index in [1.807, 2.05) is 30.3 Å². The van der Waals surface area contributed by atoms with Crippen LogP contribution in [0.4, 0.5) is 10.1 Å². The van der Waals surface area contributed by atoms with Gasteiger partial charge in [-0.25, -0.2) is 4.39 Å². The van der Waals surface area contributed by atoms with Crippen LogP contribution in [-0.4, -0.2) is 49.0 Å². The van der Waals surface area contributed by atoms with E-state index in [0.717, 1.165) is 49.5 Å². The summed E-state index contributed by atoms with van der Waals surface area (Å²) in [5.74, 6) is -0.297. The monoisotopic (exact) mass is 418 g/mol. The highest BCUT2D eigenvalue weighted by Gasteiger charge is 2.14. The highest BCUT2D eigenvalue weighted by molar-refractivity contribution is 5.94. The van der Waals surface area contributed by atoms with Gasteiger partial charge in [-0.05, 0) is 41.5 Å². The van der Waals surface area contributed by atoms with Crippen molar-refractivity contribution in [2.24, 2.45) is 0 Å². The number of nitrogens with zero attached hydrogens (tertiary/aromatic N) is 3.